The summed E-state index contributed by atoms with van der Waals surface area (Å²) in [6, 6.07) is 10.1. The van der Waals surface area contributed by atoms with Crippen molar-refractivity contribution in [3.63, 3.8) is 0 Å². The largest absolute Gasteiger partial charge is 1.00 e. The predicted molar refractivity (Wildman–Crippen MR) is 168 cm³/mol. The first kappa shape index (κ1) is 42.1. The number of anilines is 1. The molecule has 248 valence electrons. The van der Waals surface area contributed by atoms with Gasteiger partial charge in [-0.15, -0.1) is 0 Å². The van der Waals surface area contributed by atoms with Gasteiger partial charge in [-0.05, 0) is 66.2 Å². The van der Waals surface area contributed by atoms with Gasteiger partial charge in [-0.3, -0.25) is 34.9 Å². The Morgan fingerprint density at radius 1 is 0.830 bits per heavy atom. The van der Waals surface area contributed by atoms with Gasteiger partial charge in [0.2, 0.25) is 7.37 Å². The summed E-state index contributed by atoms with van der Waals surface area (Å²) in [5.74, 6) is -1.27. The van der Waals surface area contributed by atoms with E-state index >= 15 is 0 Å². The Hall–Kier alpha value is -2.92. The van der Waals surface area contributed by atoms with Crippen molar-refractivity contribution in [3.8, 4) is 5.75 Å². The van der Waals surface area contributed by atoms with Crippen molar-refractivity contribution in [1.82, 2.24) is 4.98 Å². The molecule has 2 atom stereocenters. The van der Waals surface area contributed by atoms with Crippen LogP contribution in [0.15, 0.2) is 48.5 Å². The second kappa shape index (κ2) is 18.6. The second-order valence-corrected chi connectivity index (χ2v) is 14.6. The van der Waals surface area contributed by atoms with Gasteiger partial charge in [-0.2, -0.15) is 0 Å². The van der Waals surface area contributed by atoms with Crippen LogP contribution in [0.4, 0.5) is 23.0 Å². The quantitative estimate of drug-likeness (QED) is 0.114. The van der Waals surface area contributed by atoms with Crippen LogP contribution >= 0.6 is 14.7 Å². The Morgan fingerprint density at radius 2 is 1.36 bits per heavy atom. The summed E-state index contributed by atoms with van der Waals surface area (Å²) in [5, 5.41) is 35.1. The Morgan fingerprint density at radius 3 is 1.79 bits per heavy atom. The number of ether oxygens (including phenoxy) is 1. The summed E-state index contributed by atoms with van der Waals surface area (Å²) in [7, 11) is -7.08. The van der Waals surface area contributed by atoms with Crippen molar-refractivity contribution in [2.24, 2.45) is 0 Å². The van der Waals surface area contributed by atoms with Crippen LogP contribution in [0.3, 0.4) is 0 Å². The molecule has 0 radical (unpaired) electrons. The van der Waals surface area contributed by atoms with Crippen LogP contribution in [0, 0.1) is 44.2 Å². The molecule has 3 rings (SSSR count). The maximum Gasteiger partial charge on any atom is 1.00 e. The topological polar surface area (TPSA) is 247 Å². The molecule has 0 aliphatic heterocycles. The van der Waals surface area contributed by atoms with Gasteiger partial charge in [0.05, 0.1) is 16.5 Å². The van der Waals surface area contributed by atoms with E-state index in [4.69, 9.17) is 9.26 Å². The van der Waals surface area contributed by atoms with E-state index in [1.165, 1.54) is 42.5 Å². The molecule has 1 heterocycles. The minimum Gasteiger partial charge on any atom is -0.796 e. The average molecular weight is 720 g/mol. The van der Waals surface area contributed by atoms with Crippen LogP contribution in [-0.4, -0.2) is 51.2 Å². The molecule has 1 amide bonds. The number of nitro benzene ring substituents is 2. The van der Waals surface area contributed by atoms with E-state index in [0.29, 0.717) is 11.1 Å². The zero-order valence-electron chi connectivity index (χ0n) is 26.5. The molecule has 0 saturated carbocycles. The van der Waals surface area contributed by atoms with Crippen molar-refractivity contribution >= 4 is 54.3 Å². The molecule has 2 unspecified atom stereocenters. The number of benzene rings is 2. The summed E-state index contributed by atoms with van der Waals surface area (Å²) in [5.41, 5.74) is 0.581. The van der Waals surface area contributed by atoms with Crippen molar-refractivity contribution in [1.29, 1.82) is 0 Å². The third-order valence-electron chi connectivity index (χ3n) is 6.34. The van der Waals surface area contributed by atoms with E-state index in [1.807, 2.05) is 0 Å². The third-order valence-corrected chi connectivity index (χ3v) is 11.0. The summed E-state index contributed by atoms with van der Waals surface area (Å²) in [6.45, 7) is 7.59. The number of pyridine rings is 1. The van der Waals surface area contributed by atoms with Gasteiger partial charge in [0.15, 0.2) is 5.75 Å². The van der Waals surface area contributed by atoms with Crippen LogP contribution in [-0.2, 0) is 18.4 Å². The number of hydrogen-bond acceptors (Lipinski definition) is 13. The molecule has 47 heavy (non-hydrogen) atoms. The molecular formula is C27H32KN5O12P2. The molecule has 2 aromatic carbocycles. The Bertz CT molecular complexity index is 1740. The standard InChI is InChI=1S/C18H21N4O8P.C9H12NO4P.K/c1-4-29-14-7-9-16(22(26)27)19-18(14)20-17(23)11-30-31(28,5-2)15-8-6-13(21(24)25)10-12(15)3;1-3-15(13,14)9-5-4-8(10(11)12)6-7(9)2;/h6-10H,4-5,11H2,1-3H3,(H,19,20,23);4-6H,3H2,1-2H3,(H,13,14);/q;;+1/p-1. The fourth-order valence-electron chi connectivity index (χ4n) is 4.00. The Kier molecular flexibility index (Phi) is 16.6. The number of nitrogens with one attached hydrogen (secondary N) is 1. The fraction of sp³-hybridized carbons (Fsp3) is 0.333. The van der Waals surface area contributed by atoms with Crippen molar-refractivity contribution < 1.29 is 94.2 Å². The summed E-state index contributed by atoms with van der Waals surface area (Å²) < 4.78 is 35.5. The number of rotatable bonds is 13. The number of non-ortho nitro benzene ring substituents is 2. The molecule has 0 bridgehead atoms. The summed E-state index contributed by atoms with van der Waals surface area (Å²) in [4.78, 5) is 58.1. The average Bonchev–Trinajstić information content (AvgIpc) is 3.00. The monoisotopic (exact) mass is 719 g/mol. The molecule has 20 heteroatoms. The molecule has 17 nitrogen and oxygen atoms in total. The van der Waals surface area contributed by atoms with Crippen LogP contribution in [0.2, 0.25) is 0 Å². The SMILES string of the molecule is CCOc1ccc([N+](=O)[O-])nc1NC(=O)COP(=O)(CC)c1ccc([N+](=O)[O-])cc1C.CCP(=O)([O-])c1ccc([N+](=O)[O-])cc1C.[K+]. The van der Waals surface area contributed by atoms with E-state index in [9.17, 15) is 49.2 Å². The predicted octanol–water partition coefficient (Wildman–Crippen LogP) is 1.37. The van der Waals surface area contributed by atoms with Crippen LogP contribution < -0.4 is 76.9 Å². The van der Waals surface area contributed by atoms with Gasteiger partial charge in [0.25, 0.3) is 23.1 Å². The molecule has 0 saturated heterocycles. The first-order valence-electron chi connectivity index (χ1n) is 13.6. The maximum absolute atomic E-state index is 13.3. The number of carbonyl (C=O) groups excluding carboxylic acids is 1. The van der Waals surface area contributed by atoms with Gasteiger partial charge < -0.3 is 28.8 Å². The molecule has 0 aliphatic rings. The van der Waals surface area contributed by atoms with Gasteiger partial charge in [0.1, 0.15) is 6.61 Å². The number of amides is 1. The molecule has 0 spiro atoms. The van der Waals surface area contributed by atoms with Gasteiger partial charge in [0, 0.05) is 54.5 Å². The maximum atomic E-state index is 13.3. The molecule has 3 aromatic rings. The van der Waals surface area contributed by atoms with Crippen LogP contribution in [0.1, 0.15) is 31.9 Å². The molecule has 0 aliphatic carbocycles. The minimum atomic E-state index is -3.59. The Labute approximate surface area is 312 Å². The van der Waals surface area contributed by atoms with Gasteiger partial charge >= 0.3 is 57.2 Å². The normalized spacial score (nSPS) is 13.0. The minimum absolute atomic E-state index is 0. The number of hydrogen-bond donors (Lipinski definition) is 1. The van der Waals surface area contributed by atoms with E-state index in [-0.39, 0.29) is 104 Å². The zero-order valence-corrected chi connectivity index (χ0v) is 31.4. The smallest absolute Gasteiger partial charge is 0.796 e. The number of carbonyl (C=O) groups is 1. The molecule has 1 aromatic heterocycles. The molecular weight excluding hydrogens is 687 g/mol. The fourth-order valence-corrected chi connectivity index (χ4v) is 7.14. The van der Waals surface area contributed by atoms with Crippen LogP contribution in [0.25, 0.3) is 0 Å². The van der Waals surface area contributed by atoms with E-state index in [1.54, 1.807) is 34.6 Å². The van der Waals surface area contributed by atoms with Gasteiger partial charge in [-0.25, -0.2) is 0 Å². The van der Waals surface area contributed by atoms with E-state index in [0.717, 1.165) is 6.07 Å². The third kappa shape index (κ3) is 11.6. The van der Waals surface area contributed by atoms with E-state index < -0.39 is 47.8 Å². The number of nitro groups is 3. The van der Waals surface area contributed by atoms with Crippen LogP contribution in [0.5, 0.6) is 5.75 Å². The van der Waals surface area contributed by atoms with E-state index in [2.05, 4.69) is 10.3 Å². The first-order valence-corrected chi connectivity index (χ1v) is 17.2. The number of aromatic nitrogens is 1. The summed E-state index contributed by atoms with van der Waals surface area (Å²) >= 11 is 0. The second-order valence-electron chi connectivity index (χ2n) is 9.46. The zero-order chi connectivity index (χ0) is 34.8. The number of aryl methyl sites for hydroxylation is 2. The van der Waals surface area contributed by atoms with Crippen molar-refractivity contribution in [3.05, 3.63) is 90.0 Å². The summed E-state index contributed by atoms with van der Waals surface area (Å²) in [6.07, 6.45) is 0.0733. The van der Waals surface area contributed by atoms with Crippen molar-refractivity contribution in [2.45, 2.75) is 34.6 Å². The molecule has 1 N–H and O–H groups in total. The van der Waals surface area contributed by atoms with Gasteiger partial charge in [-0.1, -0.05) is 13.8 Å². The Balaban J connectivity index is 0.000000580. The van der Waals surface area contributed by atoms with Crippen molar-refractivity contribution in [2.75, 3.05) is 30.9 Å². The molecule has 0 fully saturated rings. The first-order chi connectivity index (χ1) is 21.5. The number of nitrogens with zero attached hydrogens (tertiary/aromatic N) is 4.